The van der Waals surface area contributed by atoms with Crippen molar-refractivity contribution in [3.8, 4) is 0 Å². The second kappa shape index (κ2) is 6.06. The fourth-order valence-electron chi connectivity index (χ4n) is 3.70. The maximum Gasteiger partial charge on any atom is 0.416 e. The average molecular weight is 409 g/mol. The minimum atomic E-state index is -4.56. The normalized spacial score (nSPS) is 21.5. The molecule has 0 unspecified atom stereocenters. The van der Waals surface area contributed by atoms with Crippen LogP contribution in [0, 0.1) is 13.8 Å². The summed E-state index contributed by atoms with van der Waals surface area (Å²) in [4.78, 5) is 18.9. The van der Waals surface area contributed by atoms with Gasteiger partial charge in [0.2, 0.25) is 5.78 Å². The van der Waals surface area contributed by atoms with Gasteiger partial charge in [-0.15, -0.1) is 0 Å². The predicted molar refractivity (Wildman–Crippen MR) is 101 cm³/mol. The highest BCUT2D eigenvalue weighted by atomic mass is 35.5. The summed E-state index contributed by atoms with van der Waals surface area (Å²) in [6.07, 6.45) is -4.47. The van der Waals surface area contributed by atoms with Crippen LogP contribution in [-0.4, -0.2) is 28.9 Å². The number of anilines is 1. The van der Waals surface area contributed by atoms with Crippen LogP contribution in [-0.2, 0) is 6.18 Å². The number of nitrogens with zero attached hydrogens (tertiary/aromatic N) is 2. The highest BCUT2D eigenvalue weighted by Crippen LogP contribution is 2.43. The third-order valence-corrected chi connectivity index (χ3v) is 5.69. The van der Waals surface area contributed by atoms with Crippen molar-refractivity contribution in [2.45, 2.75) is 32.0 Å². The van der Waals surface area contributed by atoms with E-state index in [1.54, 1.807) is 23.1 Å². The number of Topliss-reactive ketones (excluding diaryl/α,β-unsaturated/α-hetero) is 1. The number of fused-ring (bicyclic) bond motifs is 2. The Hall–Kier alpha value is -2.38. The maximum absolute atomic E-state index is 13.3. The Kier molecular flexibility index (Phi) is 4.10. The van der Waals surface area contributed by atoms with Gasteiger partial charge in [-0.1, -0.05) is 17.7 Å². The van der Waals surface area contributed by atoms with Crippen molar-refractivity contribution < 1.29 is 23.1 Å². The lowest BCUT2D eigenvalue weighted by molar-refractivity contribution is -0.138. The molecule has 0 spiro atoms. The number of aryl methyl sites for hydroxylation is 2. The van der Waals surface area contributed by atoms with E-state index in [4.69, 9.17) is 11.6 Å². The van der Waals surface area contributed by atoms with Crippen LogP contribution in [0.2, 0.25) is 5.02 Å². The van der Waals surface area contributed by atoms with Gasteiger partial charge in [0.25, 0.3) is 0 Å². The number of benzene rings is 2. The van der Waals surface area contributed by atoms with Crippen molar-refractivity contribution in [1.29, 1.82) is 0 Å². The first-order chi connectivity index (χ1) is 13.0. The van der Waals surface area contributed by atoms with Gasteiger partial charge in [0.05, 0.1) is 11.3 Å². The number of amidine groups is 1. The van der Waals surface area contributed by atoms with Crippen LogP contribution in [0.1, 0.15) is 33.5 Å². The van der Waals surface area contributed by atoms with E-state index in [0.29, 0.717) is 17.3 Å². The molecule has 8 heteroatoms. The zero-order chi connectivity index (χ0) is 20.4. The number of carbonyl (C=O) groups excluding carboxylic acids is 1. The Morgan fingerprint density at radius 2 is 1.89 bits per heavy atom. The van der Waals surface area contributed by atoms with Crippen LogP contribution in [0.5, 0.6) is 0 Å². The molecule has 4 rings (SSSR count). The molecule has 2 aliphatic heterocycles. The summed E-state index contributed by atoms with van der Waals surface area (Å²) in [5, 5.41) is 11.5. The Balaban J connectivity index is 1.88. The molecule has 2 heterocycles. The largest absolute Gasteiger partial charge is 0.416 e. The predicted octanol–water partition coefficient (Wildman–Crippen LogP) is 4.84. The summed E-state index contributed by atoms with van der Waals surface area (Å²) >= 11 is 6.18. The number of aliphatic imine (C=N–C) groups is 1. The van der Waals surface area contributed by atoms with Crippen molar-refractivity contribution in [3.63, 3.8) is 0 Å². The highest BCUT2D eigenvalue weighted by Gasteiger charge is 2.52. The van der Waals surface area contributed by atoms with Crippen LogP contribution in [0.25, 0.3) is 0 Å². The Labute approximate surface area is 164 Å². The van der Waals surface area contributed by atoms with Gasteiger partial charge in [0, 0.05) is 29.2 Å². The molecule has 4 nitrogen and oxygen atoms in total. The molecule has 0 amide bonds. The maximum atomic E-state index is 13.3. The van der Waals surface area contributed by atoms with E-state index in [1.165, 1.54) is 6.92 Å². The van der Waals surface area contributed by atoms with Crippen molar-refractivity contribution in [1.82, 2.24) is 0 Å². The minimum absolute atomic E-state index is 0.000499. The monoisotopic (exact) mass is 408 g/mol. The molecular weight excluding hydrogens is 393 g/mol. The van der Waals surface area contributed by atoms with E-state index >= 15 is 0 Å². The standard InChI is InChI=1S/C20H16ClF3N2O2/c1-10-3-4-12(8-15(10)21)26-6-5-19(28)17(27)13-7-11(2)14(20(22,23)24)9-16(13)25-18(19)26/h3-4,7-9,28H,5-6H2,1-2H3/t19-/m1/s1. The van der Waals surface area contributed by atoms with Gasteiger partial charge in [-0.2, -0.15) is 13.2 Å². The van der Waals surface area contributed by atoms with Crippen molar-refractivity contribution in [2.24, 2.45) is 4.99 Å². The Morgan fingerprint density at radius 3 is 2.54 bits per heavy atom. The van der Waals surface area contributed by atoms with Gasteiger partial charge in [0.1, 0.15) is 5.84 Å². The smallest absolute Gasteiger partial charge is 0.374 e. The molecule has 0 radical (unpaired) electrons. The Morgan fingerprint density at radius 1 is 1.18 bits per heavy atom. The summed E-state index contributed by atoms with van der Waals surface area (Å²) in [7, 11) is 0. The highest BCUT2D eigenvalue weighted by molar-refractivity contribution is 6.32. The van der Waals surface area contributed by atoms with E-state index in [1.807, 2.05) is 6.92 Å². The van der Waals surface area contributed by atoms with E-state index in [-0.39, 0.29) is 29.1 Å². The van der Waals surface area contributed by atoms with Gasteiger partial charge in [-0.3, -0.25) is 4.79 Å². The molecular formula is C20H16ClF3N2O2. The van der Waals surface area contributed by atoms with E-state index in [9.17, 15) is 23.1 Å². The van der Waals surface area contributed by atoms with Crippen LogP contribution < -0.4 is 4.90 Å². The molecule has 1 atom stereocenters. The third kappa shape index (κ3) is 2.72. The molecule has 28 heavy (non-hydrogen) atoms. The molecule has 0 aromatic heterocycles. The number of halogens is 4. The summed E-state index contributed by atoms with van der Waals surface area (Å²) in [6.45, 7) is 3.42. The van der Waals surface area contributed by atoms with Gasteiger partial charge in [0.15, 0.2) is 5.60 Å². The molecule has 146 valence electrons. The molecule has 0 bridgehead atoms. The minimum Gasteiger partial charge on any atom is -0.374 e. The van der Waals surface area contributed by atoms with Gasteiger partial charge in [-0.25, -0.2) is 4.99 Å². The van der Waals surface area contributed by atoms with Crippen molar-refractivity contribution in [2.75, 3.05) is 11.4 Å². The van der Waals surface area contributed by atoms with Gasteiger partial charge >= 0.3 is 6.18 Å². The zero-order valence-electron chi connectivity index (χ0n) is 15.1. The van der Waals surface area contributed by atoms with Crippen LogP contribution in [0.3, 0.4) is 0 Å². The molecule has 2 aromatic rings. The lowest BCUT2D eigenvalue weighted by atomic mass is 9.86. The van der Waals surface area contributed by atoms with Gasteiger partial charge < -0.3 is 10.0 Å². The lowest BCUT2D eigenvalue weighted by Crippen LogP contribution is -2.48. The van der Waals surface area contributed by atoms with Crippen molar-refractivity contribution in [3.05, 3.63) is 57.6 Å². The topological polar surface area (TPSA) is 52.9 Å². The van der Waals surface area contributed by atoms with Gasteiger partial charge in [-0.05, 0) is 49.2 Å². The molecule has 2 aromatic carbocycles. The summed E-state index contributed by atoms with van der Waals surface area (Å²) in [6, 6.07) is 7.27. The number of aliphatic hydroxyl groups is 1. The van der Waals surface area contributed by atoms with E-state index in [2.05, 4.69) is 4.99 Å². The molecule has 0 saturated carbocycles. The summed E-state index contributed by atoms with van der Waals surface area (Å²) in [5.74, 6) is -0.605. The van der Waals surface area contributed by atoms with E-state index in [0.717, 1.165) is 17.7 Å². The number of rotatable bonds is 1. The Bertz CT molecular complexity index is 1050. The first-order valence-corrected chi connectivity index (χ1v) is 9.02. The lowest BCUT2D eigenvalue weighted by Gasteiger charge is -2.30. The fourth-order valence-corrected chi connectivity index (χ4v) is 3.87. The summed E-state index contributed by atoms with van der Waals surface area (Å²) in [5.41, 5.74) is -1.41. The van der Waals surface area contributed by atoms with E-state index < -0.39 is 23.1 Å². The van der Waals surface area contributed by atoms with Crippen LogP contribution in [0.15, 0.2) is 35.3 Å². The molecule has 1 fully saturated rings. The van der Waals surface area contributed by atoms with Crippen LogP contribution >= 0.6 is 11.6 Å². The van der Waals surface area contributed by atoms with Crippen molar-refractivity contribution >= 4 is 34.6 Å². The molecule has 1 saturated heterocycles. The quantitative estimate of drug-likeness (QED) is 0.734. The molecule has 0 aliphatic carbocycles. The number of alkyl halides is 3. The average Bonchev–Trinajstić information content (AvgIpc) is 2.95. The molecule has 1 N–H and O–H groups in total. The fraction of sp³-hybridized carbons (Fsp3) is 0.300. The number of hydrogen-bond donors (Lipinski definition) is 1. The first kappa shape index (κ1) is 19.0. The second-order valence-electron chi connectivity index (χ2n) is 7.14. The van der Waals surface area contributed by atoms with Crippen LogP contribution in [0.4, 0.5) is 24.5 Å². The summed E-state index contributed by atoms with van der Waals surface area (Å²) < 4.78 is 39.8. The number of carbonyl (C=O) groups is 1. The first-order valence-electron chi connectivity index (χ1n) is 8.64. The number of hydrogen-bond acceptors (Lipinski definition) is 4. The SMILES string of the molecule is Cc1ccc(N2CC[C@@]3(O)C(=O)c4cc(C)c(C(F)(F)F)cc4N=C23)cc1Cl. The number of ketones is 1. The second-order valence-corrected chi connectivity index (χ2v) is 7.55. The zero-order valence-corrected chi connectivity index (χ0v) is 15.8. The third-order valence-electron chi connectivity index (χ3n) is 5.28. The molecule has 2 aliphatic rings.